The van der Waals surface area contributed by atoms with Crippen molar-refractivity contribution in [1.29, 1.82) is 0 Å². The van der Waals surface area contributed by atoms with Crippen LogP contribution in [0, 0.1) is 0 Å². The number of esters is 1. The molecule has 1 rings (SSSR count). The van der Waals surface area contributed by atoms with Gasteiger partial charge in [0.2, 0.25) is 0 Å². The van der Waals surface area contributed by atoms with E-state index in [2.05, 4.69) is 38.2 Å². The minimum atomic E-state index is -1.53. The standard InChI is InChI=1S/C48H90O9/c1-3-5-7-9-11-13-15-17-19-20-21-22-23-25-27-29-31-33-35-37-44(50)56-42(41-55-48-47(53)46(52)45(51)43(39-49)57-48)40-54-38-36-34-32-30-28-26-24-18-16-14-12-10-8-6-4-2/h11,13,17,19,42-43,45-49,51-53H,3-10,12,14-16,18,20-41H2,1-2H3/b13-11-,19-17-. The van der Waals surface area contributed by atoms with Gasteiger partial charge in [-0.3, -0.25) is 4.79 Å². The highest BCUT2D eigenvalue weighted by Crippen LogP contribution is 2.23. The first-order valence-corrected chi connectivity index (χ1v) is 23.9. The van der Waals surface area contributed by atoms with Crippen LogP contribution in [-0.4, -0.2) is 89.6 Å². The molecule has 0 radical (unpaired) electrons. The summed E-state index contributed by atoms with van der Waals surface area (Å²) in [5, 5.41) is 40.2. The smallest absolute Gasteiger partial charge is 0.306 e. The number of carbonyl (C=O) groups excluding carboxylic acids is 1. The van der Waals surface area contributed by atoms with E-state index in [1.807, 2.05) is 0 Å². The van der Waals surface area contributed by atoms with Gasteiger partial charge in [-0.15, -0.1) is 0 Å². The Morgan fingerprint density at radius 1 is 0.561 bits per heavy atom. The third kappa shape index (κ3) is 31.2. The monoisotopic (exact) mass is 811 g/mol. The third-order valence-electron chi connectivity index (χ3n) is 11.1. The fourth-order valence-electron chi connectivity index (χ4n) is 7.35. The lowest BCUT2D eigenvalue weighted by Crippen LogP contribution is -2.59. The molecule has 1 aliphatic heterocycles. The van der Waals surface area contributed by atoms with E-state index in [9.17, 15) is 25.2 Å². The molecule has 0 aromatic carbocycles. The van der Waals surface area contributed by atoms with Gasteiger partial charge in [0, 0.05) is 13.0 Å². The Morgan fingerprint density at radius 3 is 1.54 bits per heavy atom. The first kappa shape index (κ1) is 53.7. The zero-order chi connectivity index (χ0) is 41.4. The van der Waals surface area contributed by atoms with E-state index in [1.165, 1.54) is 154 Å². The van der Waals surface area contributed by atoms with Gasteiger partial charge in [-0.05, 0) is 44.9 Å². The second-order valence-corrected chi connectivity index (χ2v) is 16.6. The Morgan fingerprint density at radius 2 is 1.02 bits per heavy atom. The highest BCUT2D eigenvalue weighted by molar-refractivity contribution is 5.69. The zero-order valence-corrected chi connectivity index (χ0v) is 36.9. The molecule has 9 nitrogen and oxygen atoms in total. The summed E-state index contributed by atoms with van der Waals surface area (Å²) in [4.78, 5) is 12.8. The number of aliphatic hydroxyl groups is 4. The van der Waals surface area contributed by atoms with Gasteiger partial charge in [-0.25, -0.2) is 0 Å². The first-order valence-electron chi connectivity index (χ1n) is 23.9. The largest absolute Gasteiger partial charge is 0.457 e. The number of hydrogen-bond acceptors (Lipinski definition) is 9. The van der Waals surface area contributed by atoms with Gasteiger partial charge in [-0.2, -0.15) is 0 Å². The van der Waals surface area contributed by atoms with Gasteiger partial charge in [0.1, 0.15) is 30.5 Å². The molecule has 1 heterocycles. The zero-order valence-electron chi connectivity index (χ0n) is 36.9. The summed E-state index contributed by atoms with van der Waals surface area (Å²) in [6.07, 6.45) is 39.1. The van der Waals surface area contributed by atoms with Gasteiger partial charge in [0.15, 0.2) is 6.29 Å². The van der Waals surface area contributed by atoms with Crippen molar-refractivity contribution >= 4 is 5.97 Å². The molecule has 1 saturated heterocycles. The van der Waals surface area contributed by atoms with Crippen molar-refractivity contribution in [1.82, 2.24) is 0 Å². The van der Waals surface area contributed by atoms with Crippen molar-refractivity contribution in [3.8, 4) is 0 Å². The van der Waals surface area contributed by atoms with Crippen molar-refractivity contribution in [3.63, 3.8) is 0 Å². The van der Waals surface area contributed by atoms with Crippen LogP contribution in [0.3, 0.4) is 0 Å². The number of ether oxygens (including phenoxy) is 4. The van der Waals surface area contributed by atoms with Crippen LogP contribution in [-0.2, 0) is 23.7 Å². The molecule has 9 heteroatoms. The van der Waals surface area contributed by atoms with E-state index in [4.69, 9.17) is 18.9 Å². The molecular formula is C48H90O9. The fourth-order valence-corrected chi connectivity index (χ4v) is 7.35. The molecule has 0 bridgehead atoms. The number of aliphatic hydroxyl groups excluding tert-OH is 4. The fraction of sp³-hybridized carbons (Fsp3) is 0.896. The Balaban J connectivity index is 2.23. The lowest BCUT2D eigenvalue weighted by Gasteiger charge is -2.39. The number of unbranched alkanes of at least 4 members (excludes halogenated alkanes) is 26. The molecule has 0 amide bonds. The lowest BCUT2D eigenvalue weighted by atomic mass is 9.99. The van der Waals surface area contributed by atoms with Crippen molar-refractivity contribution < 1.29 is 44.2 Å². The van der Waals surface area contributed by atoms with Crippen molar-refractivity contribution in [2.45, 2.75) is 250 Å². The van der Waals surface area contributed by atoms with Gasteiger partial charge >= 0.3 is 5.97 Å². The second kappa shape index (κ2) is 40.1. The summed E-state index contributed by atoms with van der Waals surface area (Å²) in [5.41, 5.74) is 0. The molecule has 0 aliphatic carbocycles. The van der Waals surface area contributed by atoms with Crippen LogP contribution >= 0.6 is 0 Å². The average molecular weight is 811 g/mol. The van der Waals surface area contributed by atoms with E-state index >= 15 is 0 Å². The van der Waals surface area contributed by atoms with Crippen LogP contribution in [0.1, 0.15) is 213 Å². The highest BCUT2D eigenvalue weighted by Gasteiger charge is 2.44. The van der Waals surface area contributed by atoms with E-state index in [0.717, 1.165) is 38.5 Å². The van der Waals surface area contributed by atoms with Crippen LogP contribution in [0.4, 0.5) is 0 Å². The van der Waals surface area contributed by atoms with Gasteiger partial charge < -0.3 is 39.4 Å². The third-order valence-corrected chi connectivity index (χ3v) is 11.1. The van der Waals surface area contributed by atoms with Gasteiger partial charge in [0.05, 0.1) is 19.8 Å². The molecule has 1 fully saturated rings. The van der Waals surface area contributed by atoms with Crippen molar-refractivity contribution in [2.24, 2.45) is 0 Å². The topological polar surface area (TPSA) is 135 Å². The minimum Gasteiger partial charge on any atom is -0.457 e. The minimum absolute atomic E-state index is 0.111. The van der Waals surface area contributed by atoms with Crippen molar-refractivity contribution in [3.05, 3.63) is 24.3 Å². The molecule has 57 heavy (non-hydrogen) atoms. The average Bonchev–Trinajstić information content (AvgIpc) is 3.21. The van der Waals surface area contributed by atoms with Crippen LogP contribution < -0.4 is 0 Å². The number of carbonyl (C=O) groups is 1. The molecule has 4 N–H and O–H groups in total. The van der Waals surface area contributed by atoms with Crippen LogP contribution in [0.25, 0.3) is 0 Å². The van der Waals surface area contributed by atoms with Crippen molar-refractivity contribution in [2.75, 3.05) is 26.4 Å². The van der Waals surface area contributed by atoms with E-state index in [-0.39, 0.29) is 19.2 Å². The van der Waals surface area contributed by atoms with E-state index in [1.54, 1.807) is 0 Å². The maximum Gasteiger partial charge on any atom is 0.306 e. The molecule has 0 aromatic rings. The quantitative estimate of drug-likeness (QED) is 0.0270. The molecule has 0 saturated carbocycles. The molecule has 6 unspecified atom stereocenters. The summed E-state index contributed by atoms with van der Waals surface area (Å²) in [6.45, 7) is 4.56. The Bertz CT molecular complexity index is 926. The molecule has 0 spiro atoms. The maximum absolute atomic E-state index is 12.8. The van der Waals surface area contributed by atoms with E-state index < -0.39 is 43.4 Å². The predicted molar refractivity (Wildman–Crippen MR) is 233 cm³/mol. The van der Waals surface area contributed by atoms with Gasteiger partial charge in [-0.1, -0.05) is 186 Å². The summed E-state index contributed by atoms with van der Waals surface area (Å²) < 4.78 is 22.9. The SMILES string of the molecule is CCCCC/C=C\C/C=C\CCCCCCCCCCCC(=O)OC(COCCCCCCCCCCCCCCCCC)COC1OC(CO)C(O)C(O)C1O. The summed E-state index contributed by atoms with van der Waals surface area (Å²) in [7, 11) is 0. The molecule has 6 atom stereocenters. The molecule has 0 aromatic heterocycles. The normalized spacial score (nSPS) is 20.6. The van der Waals surface area contributed by atoms with E-state index in [0.29, 0.717) is 13.0 Å². The Hall–Kier alpha value is -1.33. The molecular weight excluding hydrogens is 721 g/mol. The van der Waals surface area contributed by atoms with Crippen LogP contribution in [0.5, 0.6) is 0 Å². The van der Waals surface area contributed by atoms with Crippen LogP contribution in [0.15, 0.2) is 24.3 Å². The predicted octanol–water partition coefficient (Wildman–Crippen LogP) is 11.0. The Labute approximate surface area is 349 Å². The molecule has 1 aliphatic rings. The number of hydrogen-bond donors (Lipinski definition) is 4. The maximum atomic E-state index is 12.8. The molecule has 336 valence electrons. The summed E-state index contributed by atoms with van der Waals surface area (Å²) in [5.74, 6) is -0.315. The highest BCUT2D eigenvalue weighted by atomic mass is 16.7. The number of rotatable bonds is 41. The Kier molecular flexibility index (Phi) is 37.8. The number of allylic oxidation sites excluding steroid dienone is 4. The summed E-state index contributed by atoms with van der Waals surface area (Å²) >= 11 is 0. The second-order valence-electron chi connectivity index (χ2n) is 16.6. The summed E-state index contributed by atoms with van der Waals surface area (Å²) in [6, 6.07) is 0. The van der Waals surface area contributed by atoms with Crippen LogP contribution in [0.2, 0.25) is 0 Å². The van der Waals surface area contributed by atoms with Gasteiger partial charge in [0.25, 0.3) is 0 Å². The lowest BCUT2D eigenvalue weighted by molar-refractivity contribution is -0.305. The first-order chi connectivity index (χ1) is 27.9.